The molecule has 0 spiro atoms. The van der Waals surface area contributed by atoms with E-state index in [1.807, 2.05) is 12.1 Å². The first-order chi connectivity index (χ1) is 8.29. The van der Waals surface area contributed by atoms with Crippen LogP contribution in [0.25, 0.3) is 11.2 Å². The highest BCUT2D eigenvalue weighted by atomic mass is 16.5. The number of nitrogens with zero attached hydrogens (tertiary/aromatic N) is 3. The van der Waals surface area contributed by atoms with E-state index in [-0.39, 0.29) is 12.4 Å². The number of carbonyl (C=O) groups is 1. The summed E-state index contributed by atoms with van der Waals surface area (Å²) in [6, 6.07) is 4.23. The average molecular weight is 231 g/mol. The number of esters is 1. The van der Waals surface area contributed by atoms with Crippen LogP contribution < -0.4 is 0 Å². The minimum atomic E-state index is -0.262. The number of pyridine rings is 1. The van der Waals surface area contributed by atoms with E-state index < -0.39 is 0 Å². The highest BCUT2D eigenvalue weighted by Gasteiger charge is 2.29. The number of aromatic nitrogens is 3. The smallest absolute Gasteiger partial charge is 0.313 e. The number of imidazole rings is 1. The number of carbonyl (C=O) groups excluding carboxylic acids is 1. The Bertz CT molecular complexity index is 572. The van der Waals surface area contributed by atoms with E-state index in [1.54, 1.807) is 6.20 Å². The Hall–Kier alpha value is -1.91. The molecular weight excluding hydrogens is 218 g/mol. The van der Waals surface area contributed by atoms with Gasteiger partial charge in [-0.25, -0.2) is 9.97 Å². The molecule has 0 amide bonds. The van der Waals surface area contributed by atoms with Crippen molar-refractivity contribution in [2.45, 2.75) is 25.3 Å². The first-order valence-electron chi connectivity index (χ1n) is 5.68. The summed E-state index contributed by atoms with van der Waals surface area (Å²) < 4.78 is 6.77. The minimum absolute atomic E-state index is 0.212. The molecule has 1 aliphatic rings. The zero-order valence-electron chi connectivity index (χ0n) is 9.59. The molecule has 1 fully saturated rings. The average Bonchev–Trinajstić information content (AvgIpc) is 3.11. The van der Waals surface area contributed by atoms with E-state index in [4.69, 9.17) is 4.74 Å². The predicted octanol–water partition coefficient (Wildman–Crippen LogP) is 1.48. The van der Waals surface area contributed by atoms with Gasteiger partial charge in [0.1, 0.15) is 17.8 Å². The molecule has 0 aromatic carbocycles. The first-order valence-corrected chi connectivity index (χ1v) is 5.68. The van der Waals surface area contributed by atoms with Crippen molar-refractivity contribution in [3.63, 3.8) is 0 Å². The minimum Gasteiger partial charge on any atom is -0.469 e. The van der Waals surface area contributed by atoms with Crippen LogP contribution in [0.2, 0.25) is 0 Å². The van der Waals surface area contributed by atoms with Crippen molar-refractivity contribution >= 4 is 17.1 Å². The van der Waals surface area contributed by atoms with Crippen molar-refractivity contribution in [2.75, 3.05) is 7.11 Å². The number of methoxy groups -OCH3 is 1. The van der Waals surface area contributed by atoms with Gasteiger partial charge in [0, 0.05) is 12.2 Å². The highest BCUT2D eigenvalue weighted by Crippen LogP contribution is 2.38. The lowest BCUT2D eigenvalue weighted by molar-refractivity contribution is -0.139. The Morgan fingerprint density at radius 3 is 3.12 bits per heavy atom. The van der Waals surface area contributed by atoms with Crippen molar-refractivity contribution < 1.29 is 9.53 Å². The molecule has 2 heterocycles. The molecule has 5 nitrogen and oxygen atoms in total. The molecule has 0 N–H and O–H groups in total. The summed E-state index contributed by atoms with van der Waals surface area (Å²) in [5.41, 5.74) is 1.72. The van der Waals surface area contributed by atoms with E-state index in [1.165, 1.54) is 7.11 Å². The second-order valence-electron chi connectivity index (χ2n) is 4.23. The Kier molecular flexibility index (Phi) is 2.31. The van der Waals surface area contributed by atoms with Crippen LogP contribution in [0.15, 0.2) is 18.3 Å². The fourth-order valence-corrected chi connectivity index (χ4v) is 2.02. The summed E-state index contributed by atoms with van der Waals surface area (Å²) in [7, 11) is 1.39. The molecule has 2 aromatic rings. The Balaban J connectivity index is 2.09. The van der Waals surface area contributed by atoms with Crippen molar-refractivity contribution in [3.8, 4) is 0 Å². The standard InChI is InChI=1S/C12H13N3O2/c1-17-11(16)7-10-14-9-3-2-6-13-12(9)15(10)8-4-5-8/h2-3,6,8H,4-5,7H2,1H3. The zero-order valence-corrected chi connectivity index (χ0v) is 9.59. The largest absolute Gasteiger partial charge is 0.469 e. The maximum atomic E-state index is 11.4. The third-order valence-electron chi connectivity index (χ3n) is 2.96. The van der Waals surface area contributed by atoms with Gasteiger partial charge in [-0.05, 0) is 25.0 Å². The lowest BCUT2D eigenvalue weighted by Crippen LogP contribution is -2.10. The number of rotatable bonds is 3. The Morgan fingerprint density at radius 2 is 2.41 bits per heavy atom. The monoisotopic (exact) mass is 231 g/mol. The first kappa shape index (κ1) is 10.3. The number of hydrogen-bond acceptors (Lipinski definition) is 4. The molecule has 0 atom stereocenters. The van der Waals surface area contributed by atoms with Crippen molar-refractivity contribution in [1.82, 2.24) is 14.5 Å². The van der Waals surface area contributed by atoms with Crippen LogP contribution in [0.3, 0.4) is 0 Å². The van der Waals surface area contributed by atoms with E-state index in [2.05, 4.69) is 14.5 Å². The third kappa shape index (κ3) is 1.77. The van der Waals surface area contributed by atoms with Crippen LogP contribution in [0, 0.1) is 0 Å². The van der Waals surface area contributed by atoms with Gasteiger partial charge in [-0.15, -0.1) is 0 Å². The third-order valence-corrected chi connectivity index (χ3v) is 2.96. The van der Waals surface area contributed by atoms with Gasteiger partial charge >= 0.3 is 5.97 Å². The topological polar surface area (TPSA) is 57.0 Å². The maximum Gasteiger partial charge on any atom is 0.313 e. The predicted molar refractivity (Wildman–Crippen MR) is 61.5 cm³/mol. The van der Waals surface area contributed by atoms with E-state index in [9.17, 15) is 4.79 Å². The molecule has 5 heteroatoms. The molecule has 0 saturated heterocycles. The van der Waals surface area contributed by atoms with Gasteiger partial charge in [-0.2, -0.15) is 0 Å². The van der Waals surface area contributed by atoms with E-state index in [0.29, 0.717) is 6.04 Å². The summed E-state index contributed by atoms with van der Waals surface area (Å²) in [6.45, 7) is 0. The van der Waals surface area contributed by atoms with Gasteiger partial charge in [0.2, 0.25) is 0 Å². The van der Waals surface area contributed by atoms with Gasteiger partial charge in [-0.3, -0.25) is 4.79 Å². The van der Waals surface area contributed by atoms with Crippen molar-refractivity contribution in [1.29, 1.82) is 0 Å². The fourth-order valence-electron chi connectivity index (χ4n) is 2.02. The van der Waals surface area contributed by atoms with Gasteiger partial charge in [-0.1, -0.05) is 0 Å². The molecule has 88 valence electrons. The molecular formula is C12H13N3O2. The fraction of sp³-hybridized carbons (Fsp3) is 0.417. The van der Waals surface area contributed by atoms with Crippen LogP contribution in [0.1, 0.15) is 24.7 Å². The second kappa shape index (κ2) is 3.84. The molecule has 0 bridgehead atoms. The van der Waals surface area contributed by atoms with Crippen LogP contribution in [-0.4, -0.2) is 27.6 Å². The SMILES string of the molecule is COC(=O)Cc1nc2cccnc2n1C1CC1. The number of ether oxygens (including phenoxy) is 1. The van der Waals surface area contributed by atoms with Gasteiger partial charge < -0.3 is 9.30 Å². The van der Waals surface area contributed by atoms with E-state index >= 15 is 0 Å². The Morgan fingerprint density at radius 1 is 1.59 bits per heavy atom. The van der Waals surface area contributed by atoms with Crippen LogP contribution >= 0.6 is 0 Å². The molecule has 0 aliphatic heterocycles. The Labute approximate surface area is 98.4 Å². The molecule has 1 aliphatic carbocycles. The summed E-state index contributed by atoms with van der Waals surface area (Å²) in [5.74, 6) is 0.496. The van der Waals surface area contributed by atoms with Crippen LogP contribution in [0.5, 0.6) is 0 Å². The molecule has 2 aromatic heterocycles. The molecule has 0 radical (unpaired) electrons. The highest BCUT2D eigenvalue weighted by molar-refractivity contribution is 5.76. The number of fused-ring (bicyclic) bond motifs is 1. The lowest BCUT2D eigenvalue weighted by atomic mass is 10.4. The van der Waals surface area contributed by atoms with Crippen molar-refractivity contribution in [3.05, 3.63) is 24.2 Å². The maximum absolute atomic E-state index is 11.4. The molecule has 3 rings (SSSR count). The number of hydrogen-bond donors (Lipinski definition) is 0. The summed E-state index contributed by atoms with van der Waals surface area (Å²) in [5, 5.41) is 0. The molecule has 17 heavy (non-hydrogen) atoms. The van der Waals surface area contributed by atoms with Crippen molar-refractivity contribution in [2.24, 2.45) is 0 Å². The van der Waals surface area contributed by atoms with Crippen LogP contribution in [0.4, 0.5) is 0 Å². The normalized spacial score (nSPS) is 15.1. The van der Waals surface area contributed by atoms with E-state index in [0.717, 1.165) is 29.8 Å². The molecule has 0 unspecified atom stereocenters. The van der Waals surface area contributed by atoms with Gasteiger partial charge in [0.25, 0.3) is 0 Å². The second-order valence-corrected chi connectivity index (χ2v) is 4.23. The quantitative estimate of drug-likeness (QED) is 0.751. The summed E-state index contributed by atoms with van der Waals surface area (Å²) in [6.07, 6.45) is 4.24. The molecule has 1 saturated carbocycles. The van der Waals surface area contributed by atoms with Crippen LogP contribution in [-0.2, 0) is 16.0 Å². The summed E-state index contributed by atoms with van der Waals surface area (Å²) >= 11 is 0. The van der Waals surface area contributed by atoms with Gasteiger partial charge in [0.15, 0.2) is 5.65 Å². The summed E-state index contributed by atoms with van der Waals surface area (Å²) in [4.78, 5) is 20.2. The van der Waals surface area contributed by atoms with Gasteiger partial charge in [0.05, 0.1) is 7.11 Å². The lowest BCUT2D eigenvalue weighted by Gasteiger charge is -2.05. The zero-order chi connectivity index (χ0) is 11.8.